The Morgan fingerprint density at radius 1 is 1.33 bits per heavy atom. The Hall–Kier alpha value is -1.94. The second kappa shape index (κ2) is 6.22. The molecule has 0 aliphatic heterocycles. The van der Waals surface area contributed by atoms with Gasteiger partial charge in [0.25, 0.3) is 5.91 Å². The van der Waals surface area contributed by atoms with Gasteiger partial charge in [0.2, 0.25) is 5.95 Å². The Morgan fingerprint density at radius 2 is 2.05 bits per heavy atom. The van der Waals surface area contributed by atoms with E-state index in [-0.39, 0.29) is 11.5 Å². The third-order valence-electron chi connectivity index (χ3n) is 3.03. The number of carbonyl (C=O) groups excluding carboxylic acids is 1. The van der Waals surface area contributed by atoms with Gasteiger partial charge < -0.3 is 5.32 Å². The smallest absolute Gasteiger partial charge is 0.251 e. The van der Waals surface area contributed by atoms with Crippen LogP contribution in [0, 0.1) is 5.95 Å². The molecule has 0 spiro atoms. The van der Waals surface area contributed by atoms with Crippen LogP contribution in [0.15, 0.2) is 42.6 Å². The van der Waals surface area contributed by atoms with Crippen molar-refractivity contribution in [3.63, 3.8) is 0 Å². The molecule has 0 radical (unpaired) electrons. The molecule has 0 atom stereocenters. The Morgan fingerprint density at radius 3 is 2.71 bits per heavy atom. The van der Waals surface area contributed by atoms with Gasteiger partial charge in [-0.25, -0.2) is 4.98 Å². The quantitative estimate of drug-likeness (QED) is 0.877. The number of amides is 1. The van der Waals surface area contributed by atoms with Crippen LogP contribution in [-0.4, -0.2) is 16.4 Å². The summed E-state index contributed by atoms with van der Waals surface area (Å²) in [6, 6.07) is 10.1. The molecule has 110 valence electrons. The first kappa shape index (κ1) is 15.4. The SMILES string of the molecule is CC(C)(Cc1ccccc1Cl)NC(=O)c1ccnc(F)c1. The van der Waals surface area contributed by atoms with Gasteiger partial charge in [0.15, 0.2) is 0 Å². The Balaban J connectivity index is 2.10. The average Bonchev–Trinajstić information content (AvgIpc) is 2.40. The number of hydrogen-bond donors (Lipinski definition) is 1. The van der Waals surface area contributed by atoms with Crippen LogP contribution < -0.4 is 5.32 Å². The van der Waals surface area contributed by atoms with Gasteiger partial charge in [0, 0.05) is 28.4 Å². The van der Waals surface area contributed by atoms with Crippen molar-refractivity contribution in [1.29, 1.82) is 0 Å². The largest absolute Gasteiger partial charge is 0.347 e. The summed E-state index contributed by atoms with van der Waals surface area (Å²) in [5, 5.41) is 3.55. The molecule has 1 amide bonds. The van der Waals surface area contributed by atoms with Gasteiger partial charge in [0.1, 0.15) is 0 Å². The molecule has 1 aromatic heterocycles. The summed E-state index contributed by atoms with van der Waals surface area (Å²) in [7, 11) is 0. The maximum Gasteiger partial charge on any atom is 0.251 e. The third-order valence-corrected chi connectivity index (χ3v) is 3.40. The third kappa shape index (κ3) is 4.26. The summed E-state index contributed by atoms with van der Waals surface area (Å²) in [4.78, 5) is 15.6. The Labute approximate surface area is 128 Å². The number of pyridine rings is 1. The van der Waals surface area contributed by atoms with Gasteiger partial charge in [-0.05, 0) is 38.0 Å². The normalized spacial score (nSPS) is 11.2. The van der Waals surface area contributed by atoms with Crippen LogP contribution in [0.4, 0.5) is 4.39 Å². The lowest BCUT2D eigenvalue weighted by atomic mass is 9.94. The molecule has 0 saturated carbocycles. The van der Waals surface area contributed by atoms with E-state index in [2.05, 4.69) is 10.3 Å². The number of carbonyl (C=O) groups is 1. The predicted molar refractivity (Wildman–Crippen MR) is 80.9 cm³/mol. The lowest BCUT2D eigenvalue weighted by molar-refractivity contribution is 0.0912. The first-order chi connectivity index (χ1) is 9.87. The number of nitrogens with one attached hydrogen (secondary N) is 1. The van der Waals surface area contributed by atoms with Crippen molar-refractivity contribution in [2.45, 2.75) is 25.8 Å². The van der Waals surface area contributed by atoms with Crippen molar-refractivity contribution < 1.29 is 9.18 Å². The van der Waals surface area contributed by atoms with Crippen molar-refractivity contribution in [3.8, 4) is 0 Å². The number of nitrogens with zero attached hydrogens (tertiary/aromatic N) is 1. The van der Waals surface area contributed by atoms with Crippen molar-refractivity contribution in [2.75, 3.05) is 0 Å². The topological polar surface area (TPSA) is 42.0 Å². The zero-order chi connectivity index (χ0) is 15.5. The summed E-state index contributed by atoms with van der Waals surface area (Å²) in [6.07, 6.45) is 1.84. The van der Waals surface area contributed by atoms with Crippen molar-refractivity contribution in [2.24, 2.45) is 0 Å². The van der Waals surface area contributed by atoms with Gasteiger partial charge in [-0.3, -0.25) is 4.79 Å². The van der Waals surface area contributed by atoms with Crippen molar-refractivity contribution in [3.05, 3.63) is 64.7 Å². The number of rotatable bonds is 4. The molecule has 0 bridgehead atoms. The monoisotopic (exact) mass is 306 g/mol. The molecule has 21 heavy (non-hydrogen) atoms. The highest BCUT2D eigenvalue weighted by atomic mass is 35.5. The molecule has 3 nitrogen and oxygen atoms in total. The lowest BCUT2D eigenvalue weighted by Crippen LogP contribution is -2.45. The molecule has 5 heteroatoms. The molecular weight excluding hydrogens is 291 g/mol. The highest BCUT2D eigenvalue weighted by molar-refractivity contribution is 6.31. The average molecular weight is 307 g/mol. The first-order valence-electron chi connectivity index (χ1n) is 6.55. The Kier molecular flexibility index (Phi) is 4.58. The minimum absolute atomic E-state index is 0.245. The van der Waals surface area contributed by atoms with Crippen LogP contribution in [0.3, 0.4) is 0 Å². The van der Waals surface area contributed by atoms with Gasteiger partial charge >= 0.3 is 0 Å². The predicted octanol–water partition coefficient (Wildman–Crippen LogP) is 3.63. The molecule has 0 aliphatic rings. The maximum atomic E-state index is 13.1. The summed E-state index contributed by atoms with van der Waals surface area (Å²) in [5.74, 6) is -1.01. The highest BCUT2D eigenvalue weighted by Gasteiger charge is 2.23. The number of benzene rings is 1. The van der Waals surface area contributed by atoms with E-state index < -0.39 is 11.5 Å². The van der Waals surface area contributed by atoms with E-state index in [1.807, 2.05) is 38.1 Å². The fourth-order valence-corrected chi connectivity index (χ4v) is 2.29. The maximum absolute atomic E-state index is 13.1. The number of halogens is 2. The Bertz CT molecular complexity index is 658. The molecule has 1 aromatic carbocycles. The first-order valence-corrected chi connectivity index (χ1v) is 6.93. The lowest BCUT2D eigenvalue weighted by Gasteiger charge is -2.27. The van der Waals surface area contributed by atoms with E-state index in [1.54, 1.807) is 0 Å². The van der Waals surface area contributed by atoms with Crippen LogP contribution >= 0.6 is 11.6 Å². The fraction of sp³-hybridized carbons (Fsp3) is 0.250. The second-order valence-electron chi connectivity index (χ2n) is 5.47. The molecular formula is C16H16ClFN2O. The highest BCUT2D eigenvalue weighted by Crippen LogP contribution is 2.21. The molecule has 0 saturated heterocycles. The van der Waals surface area contributed by atoms with E-state index in [9.17, 15) is 9.18 Å². The zero-order valence-electron chi connectivity index (χ0n) is 11.9. The van der Waals surface area contributed by atoms with Crippen molar-refractivity contribution in [1.82, 2.24) is 10.3 Å². The number of hydrogen-bond acceptors (Lipinski definition) is 2. The molecule has 2 rings (SSSR count). The molecule has 1 heterocycles. The van der Waals surface area contributed by atoms with E-state index in [0.717, 1.165) is 11.6 Å². The second-order valence-corrected chi connectivity index (χ2v) is 5.88. The van der Waals surface area contributed by atoms with Gasteiger partial charge in [-0.2, -0.15) is 4.39 Å². The van der Waals surface area contributed by atoms with E-state index in [4.69, 9.17) is 11.6 Å². The zero-order valence-corrected chi connectivity index (χ0v) is 12.6. The van der Waals surface area contributed by atoms with E-state index >= 15 is 0 Å². The molecule has 1 N–H and O–H groups in total. The summed E-state index contributed by atoms with van der Waals surface area (Å²) >= 11 is 6.13. The molecule has 0 fully saturated rings. The summed E-state index contributed by atoms with van der Waals surface area (Å²) in [5.41, 5.74) is 0.682. The van der Waals surface area contributed by atoms with Gasteiger partial charge in [0.05, 0.1) is 0 Å². The molecule has 0 aliphatic carbocycles. The summed E-state index contributed by atoms with van der Waals surface area (Å²) < 4.78 is 13.1. The van der Waals surface area contributed by atoms with E-state index in [1.165, 1.54) is 12.3 Å². The summed E-state index contributed by atoms with van der Waals surface area (Å²) in [6.45, 7) is 3.79. The fourth-order valence-electron chi connectivity index (χ4n) is 2.09. The van der Waals surface area contributed by atoms with Crippen LogP contribution in [0.25, 0.3) is 0 Å². The van der Waals surface area contributed by atoms with Gasteiger partial charge in [-0.1, -0.05) is 29.8 Å². The van der Waals surface area contributed by atoms with Crippen LogP contribution in [0.5, 0.6) is 0 Å². The minimum atomic E-state index is -0.674. The minimum Gasteiger partial charge on any atom is -0.347 e. The van der Waals surface area contributed by atoms with E-state index in [0.29, 0.717) is 11.4 Å². The molecule has 2 aromatic rings. The standard InChI is InChI=1S/C16H16ClFN2O/c1-16(2,10-12-5-3-4-6-13(12)17)20-15(21)11-7-8-19-14(18)9-11/h3-9H,10H2,1-2H3,(H,20,21). The number of aromatic nitrogens is 1. The van der Waals surface area contributed by atoms with Crippen molar-refractivity contribution >= 4 is 17.5 Å². The van der Waals surface area contributed by atoms with Crippen LogP contribution in [-0.2, 0) is 6.42 Å². The molecule has 0 unspecified atom stereocenters. The van der Waals surface area contributed by atoms with Crippen LogP contribution in [0.1, 0.15) is 29.8 Å². The van der Waals surface area contributed by atoms with Gasteiger partial charge in [-0.15, -0.1) is 0 Å². The van der Waals surface area contributed by atoms with Crippen LogP contribution in [0.2, 0.25) is 5.02 Å².